The molecule has 0 atom stereocenters. The first-order chi connectivity index (χ1) is 8.24. The van der Waals surface area contributed by atoms with Gasteiger partial charge in [0.2, 0.25) is 5.91 Å². The summed E-state index contributed by atoms with van der Waals surface area (Å²) in [5.74, 6) is 0.477. The molecule has 0 bridgehead atoms. The number of hydrogen-bond acceptors (Lipinski definition) is 2. The van der Waals surface area contributed by atoms with E-state index >= 15 is 0 Å². The summed E-state index contributed by atoms with van der Waals surface area (Å²) in [5.41, 5.74) is 2.52. The van der Waals surface area contributed by atoms with E-state index in [-0.39, 0.29) is 24.2 Å². The van der Waals surface area contributed by atoms with Gasteiger partial charge in [-0.1, -0.05) is 17.7 Å². The van der Waals surface area contributed by atoms with Crippen molar-refractivity contribution < 1.29 is 4.79 Å². The van der Waals surface area contributed by atoms with Gasteiger partial charge >= 0.3 is 0 Å². The highest BCUT2D eigenvalue weighted by Gasteiger charge is 2.30. The van der Waals surface area contributed by atoms with Crippen molar-refractivity contribution in [2.45, 2.75) is 13.0 Å². The van der Waals surface area contributed by atoms with Gasteiger partial charge in [-0.25, -0.2) is 0 Å². The molecule has 0 aromatic heterocycles. The lowest BCUT2D eigenvalue weighted by molar-refractivity contribution is -0.138. The second kappa shape index (κ2) is 5.47. The van der Waals surface area contributed by atoms with Crippen LogP contribution in [0.15, 0.2) is 18.2 Å². The third-order valence-corrected chi connectivity index (χ3v) is 3.86. The van der Waals surface area contributed by atoms with E-state index in [1.165, 1.54) is 11.1 Å². The third kappa shape index (κ3) is 2.48. The molecule has 1 aromatic carbocycles. The fourth-order valence-electron chi connectivity index (χ4n) is 2.44. The highest BCUT2D eigenvalue weighted by Crippen LogP contribution is 2.24. The second-order valence-electron chi connectivity index (χ2n) is 4.78. The summed E-state index contributed by atoms with van der Waals surface area (Å²) < 4.78 is 0. The maximum absolute atomic E-state index is 12.1. The van der Waals surface area contributed by atoms with Gasteiger partial charge in [-0.15, -0.1) is 12.4 Å². The fraction of sp³-hybridized carbons (Fsp3) is 0.462. The minimum atomic E-state index is 0. The Morgan fingerprint density at radius 1 is 1.33 bits per heavy atom. The molecular formula is C13H16Cl2N2O. The molecule has 3 rings (SSSR count). The van der Waals surface area contributed by atoms with E-state index in [2.05, 4.69) is 11.4 Å². The van der Waals surface area contributed by atoms with Crippen LogP contribution in [0.3, 0.4) is 0 Å². The predicted octanol–water partition coefficient (Wildman–Crippen LogP) is 1.87. The molecule has 0 spiro atoms. The van der Waals surface area contributed by atoms with Gasteiger partial charge in [-0.3, -0.25) is 4.79 Å². The Bertz CT molecular complexity index is 460. The van der Waals surface area contributed by atoms with E-state index in [0.717, 1.165) is 31.1 Å². The zero-order valence-corrected chi connectivity index (χ0v) is 11.6. The second-order valence-corrected chi connectivity index (χ2v) is 5.21. The average molecular weight is 287 g/mol. The molecule has 0 radical (unpaired) electrons. The lowest BCUT2D eigenvalue weighted by Gasteiger charge is -2.35. The van der Waals surface area contributed by atoms with Gasteiger partial charge in [0.25, 0.3) is 0 Å². The lowest BCUT2D eigenvalue weighted by atomic mass is 9.96. The smallest absolute Gasteiger partial charge is 0.228 e. The van der Waals surface area contributed by atoms with Crippen LogP contribution in [0.5, 0.6) is 0 Å². The number of nitrogens with zero attached hydrogens (tertiary/aromatic N) is 1. The molecule has 1 saturated heterocycles. The summed E-state index contributed by atoms with van der Waals surface area (Å²) in [4.78, 5) is 14.1. The molecule has 18 heavy (non-hydrogen) atoms. The van der Waals surface area contributed by atoms with Crippen LogP contribution in [0, 0.1) is 5.92 Å². The van der Waals surface area contributed by atoms with E-state index in [0.29, 0.717) is 6.54 Å². The Kier molecular flexibility index (Phi) is 4.15. The number of nitrogens with one attached hydrogen (secondary N) is 1. The maximum atomic E-state index is 12.1. The molecule has 0 saturated carbocycles. The monoisotopic (exact) mass is 286 g/mol. The minimum Gasteiger partial charge on any atom is -0.338 e. The fourth-order valence-corrected chi connectivity index (χ4v) is 2.63. The van der Waals surface area contributed by atoms with Gasteiger partial charge in [0.05, 0.1) is 5.92 Å². The summed E-state index contributed by atoms with van der Waals surface area (Å²) >= 11 is 5.99. The Morgan fingerprint density at radius 3 is 2.78 bits per heavy atom. The highest BCUT2D eigenvalue weighted by molar-refractivity contribution is 6.30. The van der Waals surface area contributed by atoms with E-state index in [4.69, 9.17) is 11.6 Å². The lowest BCUT2D eigenvalue weighted by Crippen LogP contribution is -2.52. The summed E-state index contributed by atoms with van der Waals surface area (Å²) in [6.07, 6.45) is 0.943. The molecule has 2 aliphatic rings. The summed E-state index contributed by atoms with van der Waals surface area (Å²) in [5, 5.41) is 3.89. The third-order valence-electron chi connectivity index (χ3n) is 3.62. The first-order valence-corrected chi connectivity index (χ1v) is 6.38. The maximum Gasteiger partial charge on any atom is 0.228 e. The predicted molar refractivity (Wildman–Crippen MR) is 74.2 cm³/mol. The van der Waals surface area contributed by atoms with Crippen molar-refractivity contribution in [1.29, 1.82) is 0 Å². The first-order valence-electron chi connectivity index (χ1n) is 6.01. The van der Waals surface area contributed by atoms with E-state index in [1.54, 1.807) is 0 Å². The first kappa shape index (κ1) is 13.7. The zero-order valence-electron chi connectivity index (χ0n) is 9.99. The Labute approximate surface area is 118 Å². The summed E-state index contributed by atoms with van der Waals surface area (Å²) in [6, 6.07) is 5.98. The summed E-state index contributed by atoms with van der Waals surface area (Å²) in [7, 11) is 0. The van der Waals surface area contributed by atoms with Crippen LogP contribution < -0.4 is 5.32 Å². The number of amides is 1. The molecule has 2 aliphatic heterocycles. The molecule has 5 heteroatoms. The molecule has 0 unspecified atom stereocenters. The van der Waals surface area contributed by atoms with Crippen molar-refractivity contribution in [3.63, 3.8) is 0 Å². The molecule has 98 valence electrons. The highest BCUT2D eigenvalue weighted by atomic mass is 35.5. The summed E-state index contributed by atoms with van der Waals surface area (Å²) in [6.45, 7) is 3.21. The number of halogens is 2. The molecular weight excluding hydrogens is 271 g/mol. The Hall–Kier alpha value is -0.770. The van der Waals surface area contributed by atoms with E-state index in [9.17, 15) is 4.79 Å². The SMILES string of the molecule is Cl.O=C(C1CNC1)N1CCc2ccc(Cl)cc2C1. The normalized spacial score (nSPS) is 18.6. The van der Waals surface area contributed by atoms with Crippen molar-refractivity contribution in [3.05, 3.63) is 34.3 Å². The molecule has 2 heterocycles. The van der Waals surface area contributed by atoms with Gasteiger partial charge < -0.3 is 10.2 Å². The Morgan fingerprint density at radius 2 is 2.11 bits per heavy atom. The standard InChI is InChI=1S/C13H15ClN2O.ClH/c14-12-2-1-9-3-4-16(8-10(9)5-12)13(17)11-6-15-7-11;/h1-2,5,11,15H,3-4,6-8H2;1H. The zero-order chi connectivity index (χ0) is 11.8. The van der Waals surface area contributed by atoms with Crippen LogP contribution in [0.25, 0.3) is 0 Å². The quantitative estimate of drug-likeness (QED) is 0.855. The van der Waals surface area contributed by atoms with Crippen LogP contribution in [0.1, 0.15) is 11.1 Å². The van der Waals surface area contributed by atoms with Gasteiger partial charge in [-0.2, -0.15) is 0 Å². The number of carbonyl (C=O) groups excluding carboxylic acids is 1. The largest absolute Gasteiger partial charge is 0.338 e. The topological polar surface area (TPSA) is 32.3 Å². The van der Waals surface area contributed by atoms with Crippen LogP contribution >= 0.6 is 24.0 Å². The van der Waals surface area contributed by atoms with Gasteiger partial charge in [-0.05, 0) is 29.7 Å². The number of hydrogen-bond donors (Lipinski definition) is 1. The van der Waals surface area contributed by atoms with Crippen LogP contribution in [-0.2, 0) is 17.8 Å². The van der Waals surface area contributed by atoms with Crippen molar-refractivity contribution >= 4 is 29.9 Å². The molecule has 0 aliphatic carbocycles. The van der Waals surface area contributed by atoms with Gasteiger partial charge in [0.15, 0.2) is 0 Å². The molecule has 1 fully saturated rings. The number of benzene rings is 1. The Balaban J connectivity index is 0.00000120. The van der Waals surface area contributed by atoms with Crippen LogP contribution in [-0.4, -0.2) is 30.4 Å². The van der Waals surface area contributed by atoms with Crippen molar-refractivity contribution in [2.75, 3.05) is 19.6 Å². The molecule has 1 N–H and O–H groups in total. The molecule has 3 nitrogen and oxygen atoms in total. The number of rotatable bonds is 1. The minimum absolute atomic E-state index is 0. The van der Waals surface area contributed by atoms with Crippen molar-refractivity contribution in [1.82, 2.24) is 10.2 Å². The molecule has 1 amide bonds. The van der Waals surface area contributed by atoms with Gasteiger partial charge in [0, 0.05) is 31.2 Å². The van der Waals surface area contributed by atoms with Crippen LogP contribution in [0.4, 0.5) is 0 Å². The van der Waals surface area contributed by atoms with E-state index < -0.39 is 0 Å². The number of carbonyl (C=O) groups is 1. The van der Waals surface area contributed by atoms with Crippen LogP contribution in [0.2, 0.25) is 5.02 Å². The van der Waals surface area contributed by atoms with Gasteiger partial charge in [0.1, 0.15) is 0 Å². The van der Waals surface area contributed by atoms with E-state index in [1.807, 2.05) is 17.0 Å². The average Bonchev–Trinajstić information content (AvgIpc) is 2.25. The van der Waals surface area contributed by atoms with Crippen molar-refractivity contribution in [3.8, 4) is 0 Å². The molecule has 1 aromatic rings. The van der Waals surface area contributed by atoms with Crippen molar-refractivity contribution in [2.24, 2.45) is 5.92 Å². The number of fused-ring (bicyclic) bond motifs is 1.